The van der Waals surface area contributed by atoms with Gasteiger partial charge in [0.05, 0.1) is 0 Å². The molecule has 2 aromatic rings. The third-order valence-electron chi connectivity index (χ3n) is 2.13. The zero-order chi connectivity index (χ0) is 11.4. The minimum atomic E-state index is 0.371. The molecule has 0 saturated carbocycles. The molecule has 0 aliphatic heterocycles. The molecule has 84 valence electrons. The van der Waals surface area contributed by atoms with Crippen LogP contribution in [0.1, 0.15) is 18.6 Å². The molecule has 5 nitrogen and oxygen atoms in total. The number of H-pyrrole nitrogens is 1. The van der Waals surface area contributed by atoms with E-state index in [4.69, 9.17) is 10.5 Å². The van der Waals surface area contributed by atoms with Crippen LogP contribution in [0.3, 0.4) is 0 Å². The Kier molecular flexibility index (Phi) is 3.05. The first-order valence-electron chi connectivity index (χ1n) is 5.16. The van der Waals surface area contributed by atoms with E-state index in [9.17, 15) is 0 Å². The topological polar surface area (TPSA) is 76.8 Å². The first kappa shape index (κ1) is 10.5. The maximum atomic E-state index is 5.64. The van der Waals surface area contributed by atoms with Crippen molar-refractivity contribution in [2.24, 2.45) is 0 Å². The fourth-order valence-electron chi connectivity index (χ4n) is 1.31. The lowest BCUT2D eigenvalue weighted by atomic mass is 10.3. The molecule has 0 saturated heterocycles. The summed E-state index contributed by atoms with van der Waals surface area (Å²) in [7, 11) is 0. The first-order chi connectivity index (χ1) is 7.78. The van der Waals surface area contributed by atoms with Gasteiger partial charge in [-0.25, -0.2) is 4.98 Å². The Morgan fingerprint density at radius 2 is 2.31 bits per heavy atom. The Bertz CT molecular complexity index is 467. The van der Waals surface area contributed by atoms with Gasteiger partial charge in [-0.3, -0.25) is 5.10 Å². The Balaban J connectivity index is 1.96. The molecule has 0 aliphatic carbocycles. The Labute approximate surface area is 93.7 Å². The van der Waals surface area contributed by atoms with Crippen molar-refractivity contribution < 1.29 is 4.74 Å². The molecule has 3 N–H and O–H groups in total. The van der Waals surface area contributed by atoms with Gasteiger partial charge < -0.3 is 10.5 Å². The van der Waals surface area contributed by atoms with Crippen LogP contribution in [0.15, 0.2) is 24.3 Å². The van der Waals surface area contributed by atoms with Gasteiger partial charge in [0.1, 0.15) is 12.4 Å². The molecule has 0 radical (unpaired) electrons. The molecule has 0 unspecified atom stereocenters. The number of aryl methyl sites for hydroxylation is 1. The molecule has 1 heterocycles. The zero-order valence-corrected chi connectivity index (χ0v) is 9.10. The number of hydrogen-bond acceptors (Lipinski definition) is 4. The summed E-state index contributed by atoms with van der Waals surface area (Å²) in [5, 5.41) is 6.85. The highest BCUT2D eigenvalue weighted by atomic mass is 16.5. The summed E-state index contributed by atoms with van der Waals surface area (Å²) in [6, 6.07) is 7.30. The standard InChI is InChI=1S/C11H14N4O/c1-2-10-13-11(15-14-10)7-16-9-5-3-4-8(12)6-9/h3-6H,2,7,12H2,1H3,(H,13,14,15). The maximum absolute atomic E-state index is 5.64. The molecule has 0 amide bonds. The molecule has 16 heavy (non-hydrogen) atoms. The predicted octanol–water partition coefficient (Wildman–Crippen LogP) is 1.53. The van der Waals surface area contributed by atoms with Crippen molar-refractivity contribution in [3.8, 4) is 5.75 Å². The van der Waals surface area contributed by atoms with E-state index in [1.807, 2.05) is 25.1 Å². The van der Waals surface area contributed by atoms with Crippen LogP contribution in [0.25, 0.3) is 0 Å². The number of nitrogens with one attached hydrogen (secondary N) is 1. The molecule has 2 rings (SSSR count). The fraction of sp³-hybridized carbons (Fsp3) is 0.273. The van der Waals surface area contributed by atoms with Crippen molar-refractivity contribution in [3.05, 3.63) is 35.9 Å². The summed E-state index contributed by atoms with van der Waals surface area (Å²) < 4.78 is 5.52. The molecule has 0 atom stereocenters. The number of rotatable bonds is 4. The second kappa shape index (κ2) is 4.65. The van der Waals surface area contributed by atoms with Gasteiger partial charge in [-0.2, -0.15) is 5.10 Å². The summed E-state index contributed by atoms with van der Waals surface area (Å²) >= 11 is 0. The van der Waals surface area contributed by atoms with Crippen LogP contribution in [-0.2, 0) is 13.0 Å². The summed E-state index contributed by atoms with van der Waals surface area (Å²) in [4.78, 5) is 4.24. The number of ether oxygens (including phenoxy) is 1. The maximum Gasteiger partial charge on any atom is 0.162 e. The van der Waals surface area contributed by atoms with Gasteiger partial charge in [-0.15, -0.1) is 0 Å². The molecular formula is C11H14N4O. The largest absolute Gasteiger partial charge is 0.486 e. The van der Waals surface area contributed by atoms with E-state index in [-0.39, 0.29) is 0 Å². The molecule has 5 heteroatoms. The SMILES string of the molecule is CCc1n[nH]c(COc2cccc(N)c2)n1. The van der Waals surface area contributed by atoms with E-state index in [0.29, 0.717) is 12.3 Å². The van der Waals surface area contributed by atoms with Gasteiger partial charge in [0.2, 0.25) is 0 Å². The lowest BCUT2D eigenvalue weighted by Crippen LogP contribution is -1.98. The minimum Gasteiger partial charge on any atom is -0.486 e. The number of benzene rings is 1. The molecule has 1 aromatic heterocycles. The van der Waals surface area contributed by atoms with Crippen LogP contribution < -0.4 is 10.5 Å². The fourth-order valence-corrected chi connectivity index (χ4v) is 1.31. The van der Waals surface area contributed by atoms with Crippen LogP contribution in [0.5, 0.6) is 5.75 Å². The Hall–Kier alpha value is -2.04. The smallest absolute Gasteiger partial charge is 0.162 e. The van der Waals surface area contributed by atoms with Crippen molar-refractivity contribution in [1.29, 1.82) is 0 Å². The van der Waals surface area contributed by atoms with Crippen LogP contribution in [0, 0.1) is 0 Å². The second-order valence-electron chi connectivity index (χ2n) is 3.41. The summed E-state index contributed by atoms with van der Waals surface area (Å²) in [6.45, 7) is 2.38. The molecule has 0 spiro atoms. The lowest BCUT2D eigenvalue weighted by Gasteiger charge is -2.03. The monoisotopic (exact) mass is 218 g/mol. The van der Waals surface area contributed by atoms with Crippen molar-refractivity contribution in [1.82, 2.24) is 15.2 Å². The van der Waals surface area contributed by atoms with E-state index >= 15 is 0 Å². The van der Waals surface area contributed by atoms with Gasteiger partial charge in [0, 0.05) is 18.2 Å². The molecule has 1 aromatic carbocycles. The number of nitrogens with zero attached hydrogens (tertiary/aromatic N) is 2. The average molecular weight is 218 g/mol. The summed E-state index contributed by atoms with van der Waals surface area (Å²) in [5.74, 6) is 2.25. The minimum absolute atomic E-state index is 0.371. The molecule has 0 fully saturated rings. The highest BCUT2D eigenvalue weighted by molar-refractivity contribution is 5.43. The van der Waals surface area contributed by atoms with E-state index in [0.717, 1.165) is 23.8 Å². The molecule has 0 aliphatic rings. The number of nitrogens with two attached hydrogens (primary N) is 1. The zero-order valence-electron chi connectivity index (χ0n) is 9.10. The summed E-state index contributed by atoms with van der Waals surface area (Å²) in [5.41, 5.74) is 6.32. The van der Waals surface area contributed by atoms with Gasteiger partial charge in [-0.1, -0.05) is 13.0 Å². The number of anilines is 1. The van der Waals surface area contributed by atoms with E-state index < -0.39 is 0 Å². The average Bonchev–Trinajstić information content (AvgIpc) is 2.74. The Morgan fingerprint density at radius 1 is 1.44 bits per heavy atom. The lowest BCUT2D eigenvalue weighted by molar-refractivity contribution is 0.296. The van der Waals surface area contributed by atoms with Crippen molar-refractivity contribution in [2.45, 2.75) is 20.0 Å². The molecular weight excluding hydrogens is 204 g/mol. The van der Waals surface area contributed by atoms with Gasteiger partial charge >= 0.3 is 0 Å². The highest BCUT2D eigenvalue weighted by Gasteiger charge is 2.02. The van der Waals surface area contributed by atoms with E-state index in [1.165, 1.54) is 0 Å². The van der Waals surface area contributed by atoms with Crippen molar-refractivity contribution >= 4 is 5.69 Å². The van der Waals surface area contributed by atoms with E-state index in [1.54, 1.807) is 6.07 Å². The summed E-state index contributed by atoms with van der Waals surface area (Å²) in [6.07, 6.45) is 0.814. The number of aromatic amines is 1. The third-order valence-corrected chi connectivity index (χ3v) is 2.13. The predicted molar refractivity (Wildman–Crippen MR) is 60.9 cm³/mol. The van der Waals surface area contributed by atoms with E-state index in [2.05, 4.69) is 15.2 Å². The highest BCUT2D eigenvalue weighted by Crippen LogP contribution is 2.15. The van der Waals surface area contributed by atoms with Crippen LogP contribution in [-0.4, -0.2) is 15.2 Å². The number of nitrogen functional groups attached to an aromatic ring is 1. The third kappa shape index (κ3) is 2.50. The van der Waals surface area contributed by atoms with Crippen LogP contribution in [0.2, 0.25) is 0 Å². The molecule has 0 bridgehead atoms. The first-order valence-corrected chi connectivity index (χ1v) is 5.16. The number of hydrogen-bond donors (Lipinski definition) is 2. The quantitative estimate of drug-likeness (QED) is 0.763. The Morgan fingerprint density at radius 3 is 3.00 bits per heavy atom. The number of aromatic nitrogens is 3. The van der Waals surface area contributed by atoms with Crippen molar-refractivity contribution in [2.75, 3.05) is 5.73 Å². The second-order valence-corrected chi connectivity index (χ2v) is 3.41. The van der Waals surface area contributed by atoms with Gasteiger partial charge in [-0.05, 0) is 12.1 Å². The van der Waals surface area contributed by atoms with Crippen LogP contribution in [0.4, 0.5) is 5.69 Å². The van der Waals surface area contributed by atoms with Crippen LogP contribution >= 0.6 is 0 Å². The van der Waals surface area contributed by atoms with Gasteiger partial charge in [0.25, 0.3) is 0 Å². The van der Waals surface area contributed by atoms with Crippen molar-refractivity contribution in [3.63, 3.8) is 0 Å². The van der Waals surface area contributed by atoms with Gasteiger partial charge in [0.15, 0.2) is 11.6 Å². The normalized spacial score (nSPS) is 10.3.